The summed E-state index contributed by atoms with van der Waals surface area (Å²) in [7, 11) is 3.06. The Labute approximate surface area is 183 Å². The highest BCUT2D eigenvalue weighted by Gasteiger charge is 2.18. The molecule has 0 atom stereocenters. The predicted octanol–water partition coefficient (Wildman–Crippen LogP) is 4.61. The molecule has 0 aliphatic heterocycles. The topological polar surface area (TPSA) is 86.2 Å². The summed E-state index contributed by atoms with van der Waals surface area (Å²) in [5.41, 5.74) is 2.51. The van der Waals surface area contributed by atoms with Gasteiger partial charge in [-0.25, -0.2) is 14.4 Å². The fraction of sp³-hybridized carbons (Fsp3) is 0.0833. The van der Waals surface area contributed by atoms with Gasteiger partial charge < -0.3 is 14.8 Å². The molecule has 0 aliphatic rings. The summed E-state index contributed by atoms with van der Waals surface area (Å²) >= 11 is 0. The second-order valence-electron chi connectivity index (χ2n) is 6.75. The number of aromatic nitrogens is 3. The smallest absolute Gasteiger partial charge is 0.259 e. The molecule has 0 bridgehead atoms. The second kappa shape index (κ2) is 9.22. The first-order valence-corrected chi connectivity index (χ1v) is 9.65. The van der Waals surface area contributed by atoms with Gasteiger partial charge in [0.15, 0.2) is 5.82 Å². The van der Waals surface area contributed by atoms with Crippen LogP contribution in [0.4, 0.5) is 10.1 Å². The van der Waals surface area contributed by atoms with Crippen molar-refractivity contribution in [1.29, 1.82) is 0 Å². The Morgan fingerprint density at radius 1 is 0.906 bits per heavy atom. The molecule has 160 valence electrons. The van der Waals surface area contributed by atoms with Gasteiger partial charge in [-0.05, 0) is 36.4 Å². The maximum atomic E-state index is 13.3. The van der Waals surface area contributed by atoms with Crippen LogP contribution in [0.25, 0.3) is 22.6 Å². The molecule has 8 heteroatoms. The molecule has 2 aromatic heterocycles. The number of nitrogens with zero attached hydrogens (tertiary/aromatic N) is 3. The first-order chi connectivity index (χ1) is 15.6. The van der Waals surface area contributed by atoms with Crippen LogP contribution in [0.1, 0.15) is 10.4 Å². The van der Waals surface area contributed by atoms with Crippen molar-refractivity contribution in [2.24, 2.45) is 0 Å². The Bertz CT molecular complexity index is 1230. The van der Waals surface area contributed by atoms with Crippen LogP contribution in [-0.2, 0) is 0 Å². The molecule has 32 heavy (non-hydrogen) atoms. The predicted molar refractivity (Wildman–Crippen MR) is 118 cm³/mol. The minimum absolute atomic E-state index is 0.267. The minimum atomic E-state index is -0.405. The number of carbonyl (C=O) groups excluding carboxylic acids is 1. The van der Waals surface area contributed by atoms with Crippen LogP contribution in [0.3, 0.4) is 0 Å². The average molecular weight is 430 g/mol. The fourth-order valence-corrected chi connectivity index (χ4v) is 3.09. The van der Waals surface area contributed by atoms with E-state index < -0.39 is 5.91 Å². The molecule has 0 unspecified atom stereocenters. The van der Waals surface area contributed by atoms with Crippen molar-refractivity contribution in [2.45, 2.75) is 0 Å². The van der Waals surface area contributed by atoms with Gasteiger partial charge in [-0.15, -0.1) is 0 Å². The van der Waals surface area contributed by atoms with E-state index in [-0.39, 0.29) is 11.4 Å². The van der Waals surface area contributed by atoms with Gasteiger partial charge in [0.2, 0.25) is 0 Å². The van der Waals surface area contributed by atoms with Crippen LogP contribution in [-0.4, -0.2) is 35.1 Å². The van der Waals surface area contributed by atoms with Gasteiger partial charge in [0.1, 0.15) is 17.3 Å². The lowest BCUT2D eigenvalue weighted by molar-refractivity contribution is 0.102. The Morgan fingerprint density at radius 2 is 1.56 bits per heavy atom. The van der Waals surface area contributed by atoms with Crippen LogP contribution in [0.2, 0.25) is 0 Å². The number of rotatable bonds is 6. The summed E-state index contributed by atoms with van der Waals surface area (Å²) < 4.78 is 23.8. The first kappa shape index (κ1) is 20.9. The molecule has 4 aromatic rings. The molecule has 0 aliphatic carbocycles. The number of halogens is 1. The summed E-state index contributed by atoms with van der Waals surface area (Å²) in [6.45, 7) is 0. The van der Waals surface area contributed by atoms with Crippen molar-refractivity contribution in [1.82, 2.24) is 15.0 Å². The molecule has 4 rings (SSSR count). The lowest BCUT2D eigenvalue weighted by Gasteiger charge is -2.13. The number of anilines is 1. The van der Waals surface area contributed by atoms with Crippen molar-refractivity contribution in [3.05, 3.63) is 84.6 Å². The maximum Gasteiger partial charge on any atom is 0.259 e. The largest absolute Gasteiger partial charge is 0.497 e. The summed E-state index contributed by atoms with van der Waals surface area (Å²) in [5.74, 6) is 0.691. The fourth-order valence-electron chi connectivity index (χ4n) is 3.09. The average Bonchev–Trinajstić information content (AvgIpc) is 2.84. The molecule has 7 nitrogen and oxygen atoms in total. The monoisotopic (exact) mass is 430 g/mol. The van der Waals surface area contributed by atoms with Crippen molar-refractivity contribution < 1.29 is 18.7 Å². The molecule has 1 N–H and O–H groups in total. The standard InChI is InChI=1S/C24H19FN4O3/c1-31-19-11-18(12-20(13-19)32-2)28-24(30)21-14-27-23(16-3-5-17(25)6-4-16)29-22(21)15-7-9-26-10-8-15/h3-14H,1-2H3,(H,28,30). The lowest BCUT2D eigenvalue weighted by Crippen LogP contribution is -2.15. The first-order valence-electron chi connectivity index (χ1n) is 9.65. The van der Waals surface area contributed by atoms with Gasteiger partial charge in [-0.1, -0.05) is 0 Å². The van der Waals surface area contributed by atoms with Gasteiger partial charge in [0.25, 0.3) is 5.91 Å². The van der Waals surface area contributed by atoms with Gasteiger partial charge in [0.05, 0.1) is 25.5 Å². The zero-order valence-corrected chi connectivity index (χ0v) is 17.4. The Morgan fingerprint density at radius 3 is 2.19 bits per heavy atom. The Kier molecular flexibility index (Phi) is 6.03. The number of carbonyl (C=O) groups is 1. The van der Waals surface area contributed by atoms with E-state index in [1.165, 1.54) is 32.5 Å². The van der Waals surface area contributed by atoms with E-state index in [0.29, 0.717) is 39.8 Å². The number of nitrogens with one attached hydrogen (secondary N) is 1. The molecule has 0 saturated carbocycles. The van der Waals surface area contributed by atoms with Crippen LogP contribution in [0, 0.1) is 5.82 Å². The van der Waals surface area contributed by atoms with E-state index >= 15 is 0 Å². The molecule has 1 amide bonds. The van der Waals surface area contributed by atoms with E-state index in [1.54, 1.807) is 54.9 Å². The third-order valence-corrected chi connectivity index (χ3v) is 4.70. The molecule has 0 radical (unpaired) electrons. The van der Waals surface area contributed by atoms with Crippen molar-refractivity contribution in [2.75, 3.05) is 19.5 Å². The molecule has 2 heterocycles. The van der Waals surface area contributed by atoms with E-state index in [4.69, 9.17) is 9.47 Å². The Hall–Kier alpha value is -4.33. The Balaban J connectivity index is 1.74. The number of hydrogen-bond donors (Lipinski definition) is 1. The van der Waals surface area contributed by atoms with E-state index in [2.05, 4.69) is 20.3 Å². The van der Waals surface area contributed by atoms with Gasteiger partial charge in [-0.3, -0.25) is 9.78 Å². The van der Waals surface area contributed by atoms with Crippen LogP contribution < -0.4 is 14.8 Å². The molecule has 0 spiro atoms. The minimum Gasteiger partial charge on any atom is -0.497 e. The van der Waals surface area contributed by atoms with E-state index in [9.17, 15) is 9.18 Å². The van der Waals surface area contributed by atoms with Crippen LogP contribution >= 0.6 is 0 Å². The second-order valence-corrected chi connectivity index (χ2v) is 6.75. The van der Waals surface area contributed by atoms with Gasteiger partial charge >= 0.3 is 0 Å². The normalized spacial score (nSPS) is 10.5. The summed E-state index contributed by atoms with van der Waals surface area (Å²) in [6.07, 6.45) is 4.68. The highest BCUT2D eigenvalue weighted by Crippen LogP contribution is 2.28. The number of pyridine rings is 1. The molecule has 0 saturated heterocycles. The molecule has 2 aromatic carbocycles. The highest BCUT2D eigenvalue weighted by molar-refractivity contribution is 6.08. The SMILES string of the molecule is COc1cc(NC(=O)c2cnc(-c3ccc(F)cc3)nc2-c2ccncc2)cc(OC)c1. The third-order valence-electron chi connectivity index (χ3n) is 4.70. The van der Waals surface area contributed by atoms with Crippen LogP contribution in [0.15, 0.2) is 73.2 Å². The third kappa shape index (κ3) is 4.54. The summed E-state index contributed by atoms with van der Waals surface area (Å²) in [4.78, 5) is 26.1. The number of ether oxygens (including phenoxy) is 2. The van der Waals surface area contributed by atoms with E-state index in [0.717, 1.165) is 0 Å². The quantitative estimate of drug-likeness (QED) is 0.481. The number of hydrogen-bond acceptors (Lipinski definition) is 6. The van der Waals surface area contributed by atoms with Crippen molar-refractivity contribution >= 4 is 11.6 Å². The number of methoxy groups -OCH3 is 2. The zero-order valence-electron chi connectivity index (χ0n) is 17.4. The van der Waals surface area contributed by atoms with Crippen molar-refractivity contribution in [3.8, 4) is 34.1 Å². The molecular weight excluding hydrogens is 411 g/mol. The zero-order chi connectivity index (χ0) is 22.5. The summed E-state index contributed by atoms with van der Waals surface area (Å²) in [5, 5.41) is 2.84. The van der Waals surface area contributed by atoms with Crippen LogP contribution in [0.5, 0.6) is 11.5 Å². The maximum absolute atomic E-state index is 13.3. The lowest BCUT2D eigenvalue weighted by atomic mass is 10.1. The van der Waals surface area contributed by atoms with Crippen molar-refractivity contribution in [3.63, 3.8) is 0 Å². The van der Waals surface area contributed by atoms with Gasteiger partial charge in [0, 0.05) is 53.6 Å². The summed E-state index contributed by atoms with van der Waals surface area (Å²) in [6, 6.07) is 14.4. The van der Waals surface area contributed by atoms with Gasteiger partial charge in [-0.2, -0.15) is 0 Å². The number of amides is 1. The number of benzene rings is 2. The highest BCUT2D eigenvalue weighted by atomic mass is 19.1. The molecular formula is C24H19FN4O3. The van der Waals surface area contributed by atoms with E-state index in [1.807, 2.05) is 0 Å². The molecule has 0 fully saturated rings.